The Morgan fingerprint density at radius 1 is 1.00 bits per heavy atom. The van der Waals surface area contributed by atoms with E-state index in [4.69, 9.17) is 0 Å². The molecule has 2 N–H and O–H groups in total. The van der Waals surface area contributed by atoms with Crippen molar-refractivity contribution in [2.45, 2.75) is 58.9 Å². The molecule has 3 rings (SSSR count). The zero-order chi connectivity index (χ0) is 22.5. The highest BCUT2D eigenvalue weighted by atomic mass is 16.2. The number of hydrogen-bond donors (Lipinski definition) is 2. The molecule has 6 nitrogen and oxygen atoms in total. The van der Waals surface area contributed by atoms with Crippen LogP contribution >= 0.6 is 0 Å². The normalized spacial score (nSPS) is 17.1. The Balaban J connectivity index is 1.82. The van der Waals surface area contributed by atoms with Gasteiger partial charge >= 0.3 is 0 Å². The molecule has 0 saturated carbocycles. The van der Waals surface area contributed by atoms with E-state index in [2.05, 4.69) is 17.7 Å². The van der Waals surface area contributed by atoms with Gasteiger partial charge in [0.1, 0.15) is 6.04 Å². The van der Waals surface area contributed by atoms with E-state index in [1.165, 1.54) is 5.01 Å². The van der Waals surface area contributed by atoms with Crippen LogP contribution in [-0.2, 0) is 14.4 Å². The Kier molecular flexibility index (Phi) is 7.10. The molecular weight excluding hydrogens is 390 g/mol. The lowest BCUT2D eigenvalue weighted by Gasteiger charge is -2.27. The van der Waals surface area contributed by atoms with Crippen molar-refractivity contribution in [2.24, 2.45) is 5.92 Å². The number of anilines is 1. The minimum Gasteiger partial charge on any atom is -0.344 e. The summed E-state index contributed by atoms with van der Waals surface area (Å²) in [5.41, 5.74) is 6.13. The first kappa shape index (κ1) is 22.5. The largest absolute Gasteiger partial charge is 0.344 e. The predicted octanol–water partition coefficient (Wildman–Crippen LogP) is 4.17. The number of unbranched alkanes of at least 4 members (excludes halogenated alkanes) is 1. The first-order chi connectivity index (χ1) is 14.8. The first-order valence-electron chi connectivity index (χ1n) is 11.0. The van der Waals surface area contributed by atoms with Gasteiger partial charge in [-0.05, 0) is 37.5 Å². The van der Waals surface area contributed by atoms with Crippen LogP contribution in [0.15, 0.2) is 48.5 Å². The van der Waals surface area contributed by atoms with Gasteiger partial charge in [-0.2, -0.15) is 0 Å². The molecular formula is C25H31N3O3. The Morgan fingerprint density at radius 3 is 2.35 bits per heavy atom. The van der Waals surface area contributed by atoms with Crippen LogP contribution in [0.3, 0.4) is 0 Å². The molecule has 0 spiro atoms. The molecule has 2 unspecified atom stereocenters. The lowest BCUT2D eigenvalue weighted by molar-refractivity contribution is -0.131. The van der Waals surface area contributed by atoms with E-state index in [1.807, 2.05) is 62.4 Å². The van der Waals surface area contributed by atoms with Gasteiger partial charge < -0.3 is 5.32 Å². The summed E-state index contributed by atoms with van der Waals surface area (Å²) < 4.78 is 0. The number of carbonyl (C=O) groups excluding carboxylic acids is 3. The Hall–Kier alpha value is -3.15. The van der Waals surface area contributed by atoms with Gasteiger partial charge in [-0.15, -0.1) is 0 Å². The van der Waals surface area contributed by atoms with Gasteiger partial charge in [0.25, 0.3) is 11.8 Å². The van der Waals surface area contributed by atoms with Gasteiger partial charge in [-0.25, -0.2) is 5.01 Å². The van der Waals surface area contributed by atoms with Crippen molar-refractivity contribution in [3.8, 4) is 11.1 Å². The topological polar surface area (TPSA) is 78.5 Å². The fraction of sp³-hybridized carbons (Fsp3) is 0.400. The summed E-state index contributed by atoms with van der Waals surface area (Å²) in [6.07, 6.45) is 2.77. The summed E-state index contributed by atoms with van der Waals surface area (Å²) in [5, 5.41) is 4.10. The molecule has 0 radical (unpaired) electrons. The minimum atomic E-state index is -0.766. The number of fused-ring (bicyclic) bond motifs is 3. The van der Waals surface area contributed by atoms with Crippen LogP contribution in [0.25, 0.3) is 11.1 Å². The Labute approximate surface area is 184 Å². The van der Waals surface area contributed by atoms with Crippen molar-refractivity contribution >= 4 is 23.4 Å². The lowest BCUT2D eigenvalue weighted by atomic mass is 9.92. The fourth-order valence-corrected chi connectivity index (χ4v) is 3.85. The molecule has 0 aliphatic carbocycles. The van der Waals surface area contributed by atoms with Crippen molar-refractivity contribution in [2.75, 3.05) is 5.01 Å². The van der Waals surface area contributed by atoms with E-state index >= 15 is 0 Å². The SMILES string of the molecule is CCCCC(C)C(=O)N[C@@H](C)C(=O)NN1C(=O)C(C)c2ccccc2-c2ccccc21. The molecule has 0 bridgehead atoms. The number of benzene rings is 2. The molecule has 1 aliphatic rings. The molecule has 31 heavy (non-hydrogen) atoms. The number of hydrogen-bond acceptors (Lipinski definition) is 3. The average molecular weight is 422 g/mol. The summed E-state index contributed by atoms with van der Waals surface area (Å²) in [5.74, 6) is -1.40. The van der Waals surface area contributed by atoms with Gasteiger partial charge in [0, 0.05) is 11.5 Å². The van der Waals surface area contributed by atoms with Gasteiger partial charge in [0.15, 0.2) is 0 Å². The summed E-state index contributed by atoms with van der Waals surface area (Å²) >= 11 is 0. The summed E-state index contributed by atoms with van der Waals surface area (Å²) in [7, 11) is 0. The van der Waals surface area contributed by atoms with Crippen molar-refractivity contribution in [1.82, 2.24) is 10.7 Å². The standard InChI is InChI=1S/C25H31N3O3/c1-5-6-11-16(2)23(29)26-18(4)24(30)27-28-22-15-10-9-14-21(22)20-13-8-7-12-19(20)17(3)25(28)31/h7-10,12-18H,5-6,11H2,1-4H3,(H,26,29)(H,27,30)/t16?,17?,18-/m0/s1. The van der Waals surface area contributed by atoms with Crippen LogP contribution in [0.1, 0.15) is 58.4 Å². The smallest absolute Gasteiger partial charge is 0.261 e. The van der Waals surface area contributed by atoms with Crippen molar-refractivity contribution in [1.29, 1.82) is 0 Å². The third-order valence-corrected chi connectivity index (χ3v) is 5.87. The van der Waals surface area contributed by atoms with Crippen molar-refractivity contribution < 1.29 is 14.4 Å². The quantitative estimate of drug-likeness (QED) is 0.704. The summed E-state index contributed by atoms with van der Waals surface area (Å²) in [4.78, 5) is 38.6. The number of amides is 3. The van der Waals surface area contributed by atoms with Crippen molar-refractivity contribution in [3.05, 3.63) is 54.1 Å². The van der Waals surface area contributed by atoms with E-state index in [9.17, 15) is 14.4 Å². The molecule has 164 valence electrons. The number of nitrogens with one attached hydrogen (secondary N) is 2. The molecule has 0 saturated heterocycles. The first-order valence-corrected chi connectivity index (χ1v) is 11.0. The van der Waals surface area contributed by atoms with Gasteiger partial charge in [-0.3, -0.25) is 19.8 Å². The maximum Gasteiger partial charge on any atom is 0.261 e. The average Bonchev–Trinajstić information content (AvgIpc) is 2.87. The highest BCUT2D eigenvalue weighted by Gasteiger charge is 2.33. The van der Waals surface area contributed by atoms with Crippen molar-refractivity contribution in [3.63, 3.8) is 0 Å². The molecule has 1 heterocycles. The zero-order valence-electron chi connectivity index (χ0n) is 18.6. The van der Waals surface area contributed by atoms with E-state index in [0.717, 1.165) is 36.0 Å². The zero-order valence-corrected chi connectivity index (χ0v) is 18.6. The molecule has 2 aromatic rings. The molecule has 0 aromatic heterocycles. The van der Waals surface area contributed by atoms with Gasteiger partial charge in [-0.1, -0.05) is 69.2 Å². The van der Waals surface area contributed by atoms with E-state index < -0.39 is 17.9 Å². The second kappa shape index (κ2) is 9.77. The maximum absolute atomic E-state index is 13.3. The summed E-state index contributed by atoms with van der Waals surface area (Å²) in [6, 6.07) is 14.5. The Morgan fingerprint density at radius 2 is 1.65 bits per heavy atom. The third-order valence-electron chi connectivity index (χ3n) is 5.87. The van der Waals surface area contributed by atoms with E-state index in [0.29, 0.717) is 5.69 Å². The number of hydrazine groups is 1. The van der Waals surface area contributed by atoms with Gasteiger partial charge in [0.05, 0.1) is 11.6 Å². The van der Waals surface area contributed by atoms with Crippen LogP contribution in [0.5, 0.6) is 0 Å². The van der Waals surface area contributed by atoms with E-state index in [-0.39, 0.29) is 17.7 Å². The monoisotopic (exact) mass is 421 g/mol. The second-order valence-electron chi connectivity index (χ2n) is 8.25. The predicted molar refractivity (Wildman–Crippen MR) is 122 cm³/mol. The lowest BCUT2D eigenvalue weighted by Crippen LogP contribution is -2.54. The molecule has 3 amide bonds. The van der Waals surface area contributed by atoms with Crippen LogP contribution in [0.4, 0.5) is 5.69 Å². The Bertz CT molecular complexity index is 972. The fourth-order valence-electron chi connectivity index (χ4n) is 3.85. The number of para-hydroxylation sites is 1. The minimum absolute atomic E-state index is 0.153. The van der Waals surface area contributed by atoms with Crippen LogP contribution in [0.2, 0.25) is 0 Å². The molecule has 3 atom stereocenters. The number of carbonyl (C=O) groups is 3. The van der Waals surface area contributed by atoms with Crippen LogP contribution in [-0.4, -0.2) is 23.8 Å². The van der Waals surface area contributed by atoms with Gasteiger partial charge in [0.2, 0.25) is 5.91 Å². The molecule has 6 heteroatoms. The maximum atomic E-state index is 13.3. The highest BCUT2D eigenvalue weighted by Crippen LogP contribution is 2.39. The second-order valence-corrected chi connectivity index (χ2v) is 8.25. The molecule has 0 fully saturated rings. The molecule has 2 aromatic carbocycles. The third kappa shape index (κ3) is 4.79. The molecule has 1 aliphatic heterocycles. The van der Waals surface area contributed by atoms with Crippen LogP contribution < -0.4 is 15.8 Å². The highest BCUT2D eigenvalue weighted by molar-refractivity contribution is 6.06. The summed E-state index contributed by atoms with van der Waals surface area (Å²) in [6.45, 7) is 7.41. The van der Waals surface area contributed by atoms with Crippen LogP contribution in [0, 0.1) is 5.92 Å². The number of nitrogens with zero attached hydrogens (tertiary/aromatic N) is 1. The van der Waals surface area contributed by atoms with E-state index in [1.54, 1.807) is 6.92 Å². The number of rotatable bonds is 7.